The summed E-state index contributed by atoms with van der Waals surface area (Å²) in [6.45, 7) is 8.26. The molecule has 1 N–H and O–H groups in total. The van der Waals surface area contributed by atoms with Gasteiger partial charge in [-0.1, -0.05) is 31.2 Å². The minimum Gasteiger partial charge on any atom is -0.465 e. The molecule has 5 aliphatic rings. The van der Waals surface area contributed by atoms with E-state index in [0.29, 0.717) is 45.7 Å². The number of rotatable bonds is 6. The predicted molar refractivity (Wildman–Crippen MR) is 133 cm³/mol. The highest BCUT2D eigenvalue weighted by Gasteiger charge is 2.75. The minimum absolute atomic E-state index is 0.214. The van der Waals surface area contributed by atoms with Gasteiger partial charge in [-0.15, -0.1) is 0 Å². The van der Waals surface area contributed by atoms with E-state index in [9.17, 15) is 19.5 Å². The maximum Gasteiger partial charge on any atom is 0.313 e. The zero-order chi connectivity index (χ0) is 26.2. The van der Waals surface area contributed by atoms with Crippen molar-refractivity contribution in [1.29, 1.82) is 0 Å². The molecule has 6 atom stereocenters. The lowest BCUT2D eigenvalue weighted by atomic mass is 9.74. The topological polar surface area (TPSA) is 109 Å². The summed E-state index contributed by atoms with van der Waals surface area (Å²) in [7, 11) is 0. The van der Waals surface area contributed by atoms with Gasteiger partial charge in [0.15, 0.2) is 0 Å². The molecule has 5 heterocycles. The molecule has 3 fully saturated rings. The van der Waals surface area contributed by atoms with Crippen molar-refractivity contribution in [3.8, 4) is 0 Å². The Labute approximate surface area is 218 Å². The average molecular weight is 518 g/mol. The summed E-state index contributed by atoms with van der Waals surface area (Å²) in [6.07, 6.45) is 9.47. The third-order valence-electron chi connectivity index (χ3n) is 8.64. The smallest absolute Gasteiger partial charge is 0.313 e. The molecule has 1 unspecified atom stereocenters. The van der Waals surface area contributed by atoms with E-state index in [0.717, 1.165) is 19.5 Å². The zero-order valence-corrected chi connectivity index (χ0v) is 21.8. The van der Waals surface area contributed by atoms with Crippen LogP contribution >= 0.6 is 0 Å². The fourth-order valence-electron chi connectivity index (χ4n) is 6.72. The molecule has 0 aromatic heterocycles. The van der Waals surface area contributed by atoms with E-state index in [1.807, 2.05) is 38.2 Å². The van der Waals surface area contributed by atoms with Gasteiger partial charge in [-0.05, 0) is 26.2 Å². The maximum absolute atomic E-state index is 14.3. The number of cyclic esters (lactones) is 1. The first-order chi connectivity index (χ1) is 17.9. The number of ether oxygens (including phenoxy) is 3. The Morgan fingerprint density at radius 2 is 1.84 bits per heavy atom. The van der Waals surface area contributed by atoms with Gasteiger partial charge in [0.2, 0.25) is 11.8 Å². The summed E-state index contributed by atoms with van der Waals surface area (Å²) in [5.41, 5.74) is -2.42. The Morgan fingerprint density at radius 3 is 2.57 bits per heavy atom. The van der Waals surface area contributed by atoms with E-state index in [4.69, 9.17) is 14.2 Å². The van der Waals surface area contributed by atoms with E-state index in [1.165, 1.54) is 4.90 Å². The molecule has 0 aromatic carbocycles. The van der Waals surface area contributed by atoms with Crippen molar-refractivity contribution in [3.05, 3.63) is 24.3 Å². The van der Waals surface area contributed by atoms with Gasteiger partial charge < -0.3 is 29.1 Å². The Hall–Kier alpha value is -2.27. The molecule has 10 heteroatoms. The summed E-state index contributed by atoms with van der Waals surface area (Å²) in [6, 6.07) is -1.53. The third kappa shape index (κ3) is 4.41. The molecule has 3 saturated heterocycles. The van der Waals surface area contributed by atoms with E-state index in [2.05, 4.69) is 4.90 Å². The highest BCUT2D eigenvalue weighted by molar-refractivity contribution is 5.99. The molecule has 0 radical (unpaired) electrons. The number of carbonyl (C=O) groups excluding carboxylic acids is 3. The summed E-state index contributed by atoms with van der Waals surface area (Å²) in [5, 5.41) is 10.2. The fourth-order valence-corrected chi connectivity index (χ4v) is 6.72. The first-order valence-electron chi connectivity index (χ1n) is 13.6. The number of morpholine rings is 1. The number of esters is 1. The quantitative estimate of drug-likeness (QED) is 0.397. The van der Waals surface area contributed by atoms with E-state index in [1.54, 1.807) is 4.90 Å². The molecule has 204 valence electrons. The van der Waals surface area contributed by atoms with Gasteiger partial charge in [-0.3, -0.25) is 19.3 Å². The standard InChI is InChI=1S/C27H39N3O7/c1-3-19(18-31)30-22-24(33)29(12-11-28-13-16-35-17-14-28)10-7-9-27(22)20(23(30)32)21-25(34)36-15-6-4-5-8-26(21,2)37-27/h5,7-9,19-22,31H,3-4,6,10-18H2,1-2H3/b8-5-/t19-,20-,21-,22?,26+,27-/m0/s1. The second-order valence-electron chi connectivity index (χ2n) is 10.8. The number of hydrogen-bond donors (Lipinski definition) is 1. The number of hydrogen-bond acceptors (Lipinski definition) is 8. The van der Waals surface area contributed by atoms with Crippen LogP contribution in [0, 0.1) is 11.8 Å². The Kier molecular flexibility index (Phi) is 7.46. The summed E-state index contributed by atoms with van der Waals surface area (Å²) < 4.78 is 17.8. The third-order valence-corrected chi connectivity index (χ3v) is 8.64. The summed E-state index contributed by atoms with van der Waals surface area (Å²) in [5.74, 6) is -2.84. The van der Waals surface area contributed by atoms with Gasteiger partial charge >= 0.3 is 5.97 Å². The minimum atomic E-state index is -1.33. The van der Waals surface area contributed by atoms with Crippen molar-refractivity contribution in [2.75, 3.05) is 59.2 Å². The summed E-state index contributed by atoms with van der Waals surface area (Å²) in [4.78, 5) is 47.4. The van der Waals surface area contributed by atoms with Crippen LogP contribution in [0.15, 0.2) is 24.3 Å². The molecule has 2 amide bonds. The molecule has 5 aliphatic heterocycles. The number of amides is 2. The highest BCUT2D eigenvalue weighted by atomic mass is 16.6. The van der Waals surface area contributed by atoms with Crippen molar-refractivity contribution < 1.29 is 33.7 Å². The number of allylic oxidation sites excluding steroid dienone is 1. The predicted octanol–water partition coefficient (Wildman–Crippen LogP) is 0.352. The largest absolute Gasteiger partial charge is 0.465 e. The molecule has 5 rings (SSSR count). The fraction of sp³-hybridized carbons (Fsp3) is 0.741. The lowest BCUT2D eigenvalue weighted by Crippen LogP contribution is -2.59. The number of carbonyl (C=O) groups is 3. The summed E-state index contributed by atoms with van der Waals surface area (Å²) >= 11 is 0. The number of aliphatic hydroxyl groups is 1. The molecule has 0 bridgehead atoms. The van der Waals surface area contributed by atoms with Crippen molar-refractivity contribution in [2.45, 2.75) is 56.4 Å². The van der Waals surface area contributed by atoms with E-state index >= 15 is 0 Å². The average Bonchev–Trinajstić information content (AvgIpc) is 3.25. The molecular formula is C27H39N3O7. The van der Waals surface area contributed by atoms with E-state index < -0.39 is 41.1 Å². The molecule has 10 nitrogen and oxygen atoms in total. The van der Waals surface area contributed by atoms with Crippen LogP contribution in [0.5, 0.6) is 0 Å². The van der Waals surface area contributed by atoms with Crippen LogP contribution in [-0.4, -0.2) is 120 Å². The lowest BCUT2D eigenvalue weighted by Gasteiger charge is -2.40. The molecule has 0 aliphatic carbocycles. The SMILES string of the molecule is CC[C@@H](CO)N1C(=O)[C@@H]2[C@H]3C(=O)OCCC/C=C\[C@@]3(C)O[C@@]23C=CCN(CCN2CCOCC2)C(=O)C13. The van der Waals surface area contributed by atoms with Crippen LogP contribution in [-0.2, 0) is 28.6 Å². The Morgan fingerprint density at radius 1 is 1.05 bits per heavy atom. The van der Waals surface area contributed by atoms with Crippen LogP contribution < -0.4 is 0 Å². The number of nitrogens with zero attached hydrogens (tertiary/aromatic N) is 3. The maximum atomic E-state index is 14.3. The first-order valence-corrected chi connectivity index (χ1v) is 13.6. The van der Waals surface area contributed by atoms with Crippen LogP contribution in [0.3, 0.4) is 0 Å². The lowest BCUT2D eigenvalue weighted by molar-refractivity contribution is -0.161. The van der Waals surface area contributed by atoms with Crippen LogP contribution in [0.1, 0.15) is 33.1 Å². The molecule has 0 saturated carbocycles. The Bertz CT molecular complexity index is 960. The number of aliphatic hydroxyl groups excluding tert-OH is 1. The van der Waals surface area contributed by atoms with Crippen molar-refractivity contribution in [1.82, 2.24) is 14.7 Å². The molecular weight excluding hydrogens is 478 g/mol. The monoisotopic (exact) mass is 517 g/mol. The van der Waals surface area contributed by atoms with Crippen LogP contribution in [0.4, 0.5) is 0 Å². The highest BCUT2D eigenvalue weighted by Crippen LogP contribution is 2.57. The van der Waals surface area contributed by atoms with Crippen molar-refractivity contribution >= 4 is 17.8 Å². The molecule has 0 aromatic rings. The van der Waals surface area contributed by atoms with Crippen LogP contribution in [0.25, 0.3) is 0 Å². The van der Waals surface area contributed by atoms with Crippen molar-refractivity contribution in [2.24, 2.45) is 11.8 Å². The zero-order valence-electron chi connectivity index (χ0n) is 21.8. The second kappa shape index (κ2) is 10.5. The number of likely N-dealkylation sites (tertiary alicyclic amines) is 1. The van der Waals surface area contributed by atoms with Gasteiger partial charge in [0.05, 0.1) is 44.0 Å². The second-order valence-corrected chi connectivity index (χ2v) is 10.8. The van der Waals surface area contributed by atoms with Crippen molar-refractivity contribution in [3.63, 3.8) is 0 Å². The van der Waals surface area contributed by atoms with E-state index in [-0.39, 0.29) is 25.0 Å². The van der Waals surface area contributed by atoms with Gasteiger partial charge in [0.1, 0.15) is 17.6 Å². The normalized spacial score (nSPS) is 38.1. The van der Waals surface area contributed by atoms with Gasteiger partial charge in [0.25, 0.3) is 0 Å². The molecule has 1 spiro atoms. The van der Waals surface area contributed by atoms with Gasteiger partial charge in [0, 0.05) is 32.7 Å². The van der Waals surface area contributed by atoms with Crippen LogP contribution in [0.2, 0.25) is 0 Å². The first kappa shape index (κ1) is 26.3. The molecule has 37 heavy (non-hydrogen) atoms. The van der Waals surface area contributed by atoms with Gasteiger partial charge in [-0.2, -0.15) is 0 Å². The Balaban J connectivity index is 1.54. The van der Waals surface area contributed by atoms with Gasteiger partial charge in [-0.25, -0.2) is 0 Å². The number of fused-ring (bicyclic) bond motifs is 2.